The van der Waals surface area contributed by atoms with Gasteiger partial charge < -0.3 is 5.32 Å². The van der Waals surface area contributed by atoms with E-state index >= 15 is 0 Å². The Labute approximate surface area is 146 Å². The molecule has 2 rings (SSSR count). The molecular formula is C15H13BrN2O5S. The van der Waals surface area contributed by atoms with Gasteiger partial charge in [-0.05, 0) is 40.2 Å². The molecule has 0 saturated carbocycles. The topological polar surface area (TPSA) is 106 Å². The fourth-order valence-electron chi connectivity index (χ4n) is 1.98. The molecule has 1 N–H and O–H groups in total. The largest absolute Gasteiger partial charge is 0.321 e. The minimum atomic E-state index is -3.52. The fraction of sp³-hybridized carbons (Fsp3) is 0.133. The zero-order chi connectivity index (χ0) is 17.9. The van der Waals surface area contributed by atoms with E-state index in [-0.39, 0.29) is 32.1 Å². The second kappa shape index (κ2) is 7.10. The average molecular weight is 413 g/mol. The second-order valence-corrected chi connectivity index (χ2v) is 7.88. The lowest BCUT2D eigenvalue weighted by Crippen LogP contribution is -2.15. The number of rotatable bonds is 5. The number of para-hydroxylation sites is 1. The Kier molecular flexibility index (Phi) is 5.35. The van der Waals surface area contributed by atoms with E-state index in [4.69, 9.17) is 0 Å². The van der Waals surface area contributed by atoms with Crippen LogP contribution in [-0.4, -0.2) is 25.0 Å². The van der Waals surface area contributed by atoms with Crippen molar-refractivity contribution in [1.82, 2.24) is 0 Å². The number of nitrogens with one attached hydrogen (secondary N) is 1. The molecule has 0 aliphatic rings. The van der Waals surface area contributed by atoms with E-state index in [9.17, 15) is 23.3 Å². The highest BCUT2D eigenvalue weighted by atomic mass is 79.9. The predicted octanol–water partition coefficient (Wildman–Crippen LogP) is 3.40. The van der Waals surface area contributed by atoms with E-state index in [2.05, 4.69) is 21.2 Å². The van der Waals surface area contributed by atoms with Crippen molar-refractivity contribution < 1.29 is 18.1 Å². The number of amides is 1. The lowest BCUT2D eigenvalue weighted by Gasteiger charge is -2.11. The Bertz CT molecular complexity index is 912. The summed E-state index contributed by atoms with van der Waals surface area (Å²) >= 11 is 3.04. The van der Waals surface area contributed by atoms with Crippen LogP contribution in [0.15, 0.2) is 51.8 Å². The SMILES string of the molecule is CCS(=O)(=O)c1ccccc1NC(=O)c1ccc(Br)c([N+](=O)[O-])c1. The molecular weight excluding hydrogens is 400 g/mol. The minimum Gasteiger partial charge on any atom is -0.321 e. The average Bonchev–Trinajstić information content (AvgIpc) is 2.55. The number of carbonyl (C=O) groups excluding carboxylic acids is 1. The Morgan fingerprint density at radius 3 is 2.54 bits per heavy atom. The first-order chi connectivity index (χ1) is 11.3. The maximum atomic E-state index is 12.3. The number of nitrogens with zero attached hydrogens (tertiary/aromatic N) is 1. The highest BCUT2D eigenvalue weighted by molar-refractivity contribution is 9.10. The maximum Gasteiger partial charge on any atom is 0.284 e. The molecule has 9 heteroatoms. The summed E-state index contributed by atoms with van der Waals surface area (Å²) < 4.78 is 24.4. The van der Waals surface area contributed by atoms with Crippen molar-refractivity contribution in [3.8, 4) is 0 Å². The molecule has 0 radical (unpaired) electrons. The van der Waals surface area contributed by atoms with Crippen LogP contribution in [0.5, 0.6) is 0 Å². The number of hydrogen-bond acceptors (Lipinski definition) is 5. The third-order valence-corrected chi connectivity index (χ3v) is 5.71. The van der Waals surface area contributed by atoms with Gasteiger partial charge in [-0.1, -0.05) is 19.1 Å². The van der Waals surface area contributed by atoms with Crippen LogP contribution in [-0.2, 0) is 9.84 Å². The van der Waals surface area contributed by atoms with Gasteiger partial charge in [-0.25, -0.2) is 8.42 Å². The first-order valence-electron chi connectivity index (χ1n) is 6.83. The number of nitro benzene ring substituents is 1. The van der Waals surface area contributed by atoms with Crippen molar-refractivity contribution in [3.63, 3.8) is 0 Å². The van der Waals surface area contributed by atoms with Crippen LogP contribution >= 0.6 is 15.9 Å². The van der Waals surface area contributed by atoms with E-state index < -0.39 is 20.7 Å². The molecule has 2 aromatic rings. The third-order valence-electron chi connectivity index (χ3n) is 3.26. The van der Waals surface area contributed by atoms with Crippen LogP contribution in [0, 0.1) is 10.1 Å². The van der Waals surface area contributed by atoms with E-state index in [1.165, 1.54) is 31.2 Å². The van der Waals surface area contributed by atoms with Gasteiger partial charge in [-0.15, -0.1) is 0 Å². The first kappa shape index (κ1) is 18.1. The minimum absolute atomic E-state index is 0.00691. The maximum absolute atomic E-state index is 12.3. The van der Waals surface area contributed by atoms with E-state index in [1.807, 2.05) is 0 Å². The third kappa shape index (κ3) is 3.80. The van der Waals surface area contributed by atoms with E-state index in [0.717, 1.165) is 6.07 Å². The summed E-state index contributed by atoms with van der Waals surface area (Å²) in [5.41, 5.74) is -0.0689. The van der Waals surface area contributed by atoms with Crippen LogP contribution in [0.4, 0.5) is 11.4 Å². The fourth-order valence-corrected chi connectivity index (χ4v) is 3.43. The molecule has 7 nitrogen and oxygen atoms in total. The Morgan fingerprint density at radius 2 is 1.92 bits per heavy atom. The molecule has 0 fully saturated rings. The number of anilines is 1. The van der Waals surface area contributed by atoms with Gasteiger partial charge in [0.15, 0.2) is 9.84 Å². The van der Waals surface area contributed by atoms with Crippen LogP contribution in [0.25, 0.3) is 0 Å². The number of halogens is 1. The number of benzene rings is 2. The number of hydrogen-bond donors (Lipinski definition) is 1. The van der Waals surface area contributed by atoms with Crippen molar-refractivity contribution in [2.75, 3.05) is 11.1 Å². The standard InChI is InChI=1S/C15H13BrN2O5S/c1-2-24(22,23)14-6-4-3-5-12(14)17-15(19)10-7-8-11(16)13(9-10)18(20)21/h3-9H,2H2,1H3,(H,17,19). The van der Waals surface area contributed by atoms with E-state index in [1.54, 1.807) is 12.1 Å². The number of nitro groups is 1. The molecule has 0 unspecified atom stereocenters. The summed E-state index contributed by atoms with van der Waals surface area (Å²) in [6.45, 7) is 1.51. The summed E-state index contributed by atoms with van der Waals surface area (Å²) in [4.78, 5) is 22.7. The van der Waals surface area contributed by atoms with Crippen molar-refractivity contribution in [3.05, 3.63) is 62.6 Å². The van der Waals surface area contributed by atoms with E-state index in [0.29, 0.717) is 0 Å². The molecule has 126 valence electrons. The van der Waals surface area contributed by atoms with Gasteiger partial charge in [-0.3, -0.25) is 14.9 Å². The van der Waals surface area contributed by atoms with Gasteiger partial charge >= 0.3 is 0 Å². The highest BCUT2D eigenvalue weighted by Crippen LogP contribution is 2.27. The van der Waals surface area contributed by atoms with Gasteiger partial charge in [0.1, 0.15) is 0 Å². The summed E-state index contributed by atoms with van der Waals surface area (Å²) in [6.07, 6.45) is 0. The second-order valence-electron chi connectivity index (χ2n) is 4.78. The van der Waals surface area contributed by atoms with Crippen molar-refractivity contribution >= 4 is 43.0 Å². The molecule has 0 atom stereocenters. The lowest BCUT2D eigenvalue weighted by atomic mass is 10.2. The van der Waals surface area contributed by atoms with Crippen molar-refractivity contribution in [2.24, 2.45) is 0 Å². The van der Waals surface area contributed by atoms with Crippen LogP contribution in [0.1, 0.15) is 17.3 Å². The molecule has 2 aromatic carbocycles. The quantitative estimate of drug-likeness (QED) is 0.597. The number of sulfone groups is 1. The molecule has 24 heavy (non-hydrogen) atoms. The molecule has 0 aliphatic heterocycles. The molecule has 0 bridgehead atoms. The lowest BCUT2D eigenvalue weighted by molar-refractivity contribution is -0.385. The Morgan fingerprint density at radius 1 is 1.25 bits per heavy atom. The van der Waals surface area contributed by atoms with Crippen LogP contribution in [0.2, 0.25) is 0 Å². The van der Waals surface area contributed by atoms with Gasteiger partial charge in [0.25, 0.3) is 11.6 Å². The highest BCUT2D eigenvalue weighted by Gasteiger charge is 2.20. The molecule has 0 spiro atoms. The smallest absolute Gasteiger partial charge is 0.284 e. The summed E-state index contributed by atoms with van der Waals surface area (Å²) in [5.74, 6) is -0.742. The molecule has 1 amide bonds. The molecule has 0 saturated heterocycles. The molecule has 0 aromatic heterocycles. The Hall–Kier alpha value is -2.26. The molecule has 0 aliphatic carbocycles. The number of carbonyl (C=O) groups is 1. The van der Waals surface area contributed by atoms with Gasteiger partial charge in [-0.2, -0.15) is 0 Å². The van der Waals surface area contributed by atoms with Crippen molar-refractivity contribution in [1.29, 1.82) is 0 Å². The Balaban J connectivity index is 2.38. The predicted molar refractivity (Wildman–Crippen MR) is 92.9 cm³/mol. The zero-order valence-corrected chi connectivity index (χ0v) is 14.9. The van der Waals surface area contributed by atoms with Gasteiger partial charge in [0.2, 0.25) is 0 Å². The zero-order valence-electron chi connectivity index (χ0n) is 12.5. The van der Waals surface area contributed by atoms with Gasteiger partial charge in [0, 0.05) is 11.6 Å². The van der Waals surface area contributed by atoms with Crippen LogP contribution in [0.3, 0.4) is 0 Å². The summed E-state index contributed by atoms with van der Waals surface area (Å²) in [7, 11) is -3.52. The summed E-state index contributed by atoms with van der Waals surface area (Å²) in [5, 5.41) is 13.4. The monoisotopic (exact) mass is 412 g/mol. The first-order valence-corrected chi connectivity index (χ1v) is 9.28. The normalized spacial score (nSPS) is 11.1. The molecule has 0 heterocycles. The van der Waals surface area contributed by atoms with Gasteiger partial charge in [0.05, 0.1) is 25.7 Å². The van der Waals surface area contributed by atoms with Crippen LogP contribution < -0.4 is 5.32 Å². The summed E-state index contributed by atoms with van der Waals surface area (Å²) in [6, 6.07) is 9.94. The van der Waals surface area contributed by atoms with Crippen molar-refractivity contribution in [2.45, 2.75) is 11.8 Å².